The zero-order valence-corrected chi connectivity index (χ0v) is 11.7. The van der Waals surface area contributed by atoms with E-state index in [1.165, 1.54) is 6.07 Å². The molecule has 3 nitrogen and oxygen atoms in total. The number of ether oxygens (including phenoxy) is 1. The zero-order valence-electron chi connectivity index (χ0n) is 10.2. The molecule has 0 saturated carbocycles. The number of halogens is 3. The van der Waals surface area contributed by atoms with E-state index in [-0.39, 0.29) is 11.1 Å². The van der Waals surface area contributed by atoms with Gasteiger partial charge < -0.3 is 9.30 Å². The van der Waals surface area contributed by atoms with Crippen LogP contribution < -0.4 is 0 Å². The molecule has 0 spiro atoms. The number of fused-ring (bicyclic) bond motifs is 1. The Hall–Kier alpha value is -0.840. The molecule has 1 saturated heterocycles. The van der Waals surface area contributed by atoms with Crippen molar-refractivity contribution in [1.29, 1.82) is 0 Å². The van der Waals surface area contributed by atoms with Crippen molar-refractivity contribution in [3.8, 4) is 0 Å². The van der Waals surface area contributed by atoms with Gasteiger partial charge in [0, 0.05) is 25.0 Å². The topological polar surface area (TPSA) is 27.1 Å². The summed E-state index contributed by atoms with van der Waals surface area (Å²) in [6, 6.07) is 3.24. The van der Waals surface area contributed by atoms with Gasteiger partial charge in [-0.15, -0.1) is 11.6 Å². The highest BCUT2D eigenvalue weighted by Crippen LogP contribution is 2.30. The average molecular weight is 303 g/mol. The van der Waals surface area contributed by atoms with E-state index in [4.69, 9.17) is 27.9 Å². The molecule has 6 heteroatoms. The Morgan fingerprint density at radius 3 is 3.00 bits per heavy atom. The lowest BCUT2D eigenvalue weighted by atomic mass is 10.2. The lowest BCUT2D eigenvalue weighted by Gasteiger charge is -2.14. The molecule has 102 valence electrons. The van der Waals surface area contributed by atoms with Gasteiger partial charge in [0.1, 0.15) is 11.6 Å². The summed E-state index contributed by atoms with van der Waals surface area (Å²) in [5.41, 5.74) is 1.47. The molecule has 0 amide bonds. The second kappa shape index (κ2) is 5.27. The first-order valence-corrected chi connectivity index (χ1v) is 7.11. The highest BCUT2D eigenvalue weighted by atomic mass is 35.5. The summed E-state index contributed by atoms with van der Waals surface area (Å²) < 4.78 is 21.0. The highest BCUT2D eigenvalue weighted by molar-refractivity contribution is 6.31. The summed E-state index contributed by atoms with van der Waals surface area (Å²) in [7, 11) is 0. The first-order chi connectivity index (χ1) is 9.20. The Kier molecular flexibility index (Phi) is 3.65. The molecule has 1 fully saturated rings. The summed E-state index contributed by atoms with van der Waals surface area (Å²) in [6.45, 7) is 1.38. The van der Waals surface area contributed by atoms with E-state index in [1.54, 1.807) is 6.07 Å². The van der Waals surface area contributed by atoms with Crippen LogP contribution in [-0.4, -0.2) is 28.6 Å². The smallest absolute Gasteiger partial charge is 0.144 e. The maximum atomic E-state index is 13.5. The number of rotatable bonds is 3. The van der Waals surface area contributed by atoms with Crippen LogP contribution >= 0.6 is 23.2 Å². The number of alkyl halides is 1. The van der Waals surface area contributed by atoms with E-state index in [0.717, 1.165) is 24.4 Å². The van der Waals surface area contributed by atoms with E-state index in [0.29, 0.717) is 24.4 Å². The van der Waals surface area contributed by atoms with E-state index in [2.05, 4.69) is 9.55 Å². The fourth-order valence-corrected chi connectivity index (χ4v) is 2.86. The van der Waals surface area contributed by atoms with Crippen LogP contribution in [-0.2, 0) is 11.2 Å². The number of hydrogen-bond donors (Lipinski definition) is 0. The van der Waals surface area contributed by atoms with Gasteiger partial charge in [0.25, 0.3) is 0 Å². The van der Waals surface area contributed by atoms with Crippen molar-refractivity contribution in [3.63, 3.8) is 0 Å². The molecule has 0 N–H and O–H groups in total. The predicted octanol–water partition coefficient (Wildman–Crippen LogP) is 3.57. The molecule has 19 heavy (non-hydrogen) atoms. The second-order valence-corrected chi connectivity index (χ2v) is 5.39. The van der Waals surface area contributed by atoms with Crippen molar-refractivity contribution in [3.05, 3.63) is 28.8 Å². The third-order valence-electron chi connectivity index (χ3n) is 3.39. The minimum Gasteiger partial charge on any atom is -0.379 e. The Bertz CT molecular complexity index is 608. The van der Waals surface area contributed by atoms with Crippen molar-refractivity contribution < 1.29 is 9.13 Å². The van der Waals surface area contributed by atoms with Crippen LogP contribution in [0.4, 0.5) is 4.39 Å². The minimum absolute atomic E-state index is 0.116. The summed E-state index contributed by atoms with van der Waals surface area (Å²) in [5, 5.41) is 0.116. The second-order valence-electron chi connectivity index (χ2n) is 4.61. The van der Waals surface area contributed by atoms with E-state index < -0.39 is 5.82 Å². The van der Waals surface area contributed by atoms with Crippen LogP contribution in [0, 0.1) is 5.82 Å². The SMILES string of the molecule is Fc1cc2nc(CCCl)n(C3CCOC3)c2cc1Cl. The Labute approximate surface area is 120 Å². The summed E-state index contributed by atoms with van der Waals surface area (Å²) in [5.74, 6) is 0.897. The van der Waals surface area contributed by atoms with Gasteiger partial charge in [0.2, 0.25) is 0 Å². The number of hydrogen-bond acceptors (Lipinski definition) is 2. The molecule has 1 aliphatic rings. The van der Waals surface area contributed by atoms with Crippen LogP contribution in [0.2, 0.25) is 5.02 Å². The van der Waals surface area contributed by atoms with Gasteiger partial charge in [-0.1, -0.05) is 11.6 Å². The minimum atomic E-state index is -0.445. The van der Waals surface area contributed by atoms with Crippen molar-refractivity contribution in [2.75, 3.05) is 19.1 Å². The molecule has 2 heterocycles. The fourth-order valence-electron chi connectivity index (χ4n) is 2.53. The molecule has 1 aromatic heterocycles. The zero-order chi connectivity index (χ0) is 13.4. The van der Waals surface area contributed by atoms with Crippen molar-refractivity contribution in [2.45, 2.75) is 18.9 Å². The van der Waals surface area contributed by atoms with Crippen LogP contribution in [0.25, 0.3) is 11.0 Å². The average Bonchev–Trinajstić information content (AvgIpc) is 2.98. The van der Waals surface area contributed by atoms with E-state index >= 15 is 0 Å². The van der Waals surface area contributed by atoms with Gasteiger partial charge in [-0.3, -0.25) is 0 Å². The lowest BCUT2D eigenvalue weighted by molar-refractivity contribution is 0.186. The van der Waals surface area contributed by atoms with E-state index in [1.807, 2.05) is 0 Å². The largest absolute Gasteiger partial charge is 0.379 e. The molecule has 0 aliphatic carbocycles. The molecular weight excluding hydrogens is 290 g/mol. The number of aryl methyl sites for hydroxylation is 1. The Balaban J connectivity index is 2.19. The maximum absolute atomic E-state index is 13.5. The molecule has 1 aromatic carbocycles. The van der Waals surface area contributed by atoms with Gasteiger partial charge in [0.15, 0.2) is 0 Å². The van der Waals surface area contributed by atoms with Gasteiger partial charge >= 0.3 is 0 Å². The van der Waals surface area contributed by atoms with Gasteiger partial charge in [0.05, 0.1) is 28.7 Å². The molecule has 2 aromatic rings. The first kappa shape index (κ1) is 13.2. The first-order valence-electron chi connectivity index (χ1n) is 6.20. The van der Waals surface area contributed by atoms with Crippen LogP contribution in [0.3, 0.4) is 0 Å². The van der Waals surface area contributed by atoms with Crippen molar-refractivity contribution in [1.82, 2.24) is 9.55 Å². The molecule has 3 rings (SSSR count). The van der Waals surface area contributed by atoms with Gasteiger partial charge in [-0.2, -0.15) is 0 Å². The molecular formula is C13H13Cl2FN2O. The monoisotopic (exact) mass is 302 g/mol. The van der Waals surface area contributed by atoms with Gasteiger partial charge in [-0.25, -0.2) is 9.37 Å². The van der Waals surface area contributed by atoms with Crippen LogP contribution in [0.15, 0.2) is 12.1 Å². The molecule has 1 unspecified atom stereocenters. The van der Waals surface area contributed by atoms with Crippen molar-refractivity contribution in [2.24, 2.45) is 0 Å². The lowest BCUT2D eigenvalue weighted by Crippen LogP contribution is -2.12. The summed E-state index contributed by atoms with van der Waals surface area (Å²) >= 11 is 11.7. The maximum Gasteiger partial charge on any atom is 0.144 e. The number of benzene rings is 1. The number of aromatic nitrogens is 2. The van der Waals surface area contributed by atoms with Gasteiger partial charge in [-0.05, 0) is 12.5 Å². The summed E-state index contributed by atoms with van der Waals surface area (Å²) in [4.78, 5) is 4.47. The summed E-state index contributed by atoms with van der Waals surface area (Å²) in [6.07, 6.45) is 1.57. The molecule has 1 atom stereocenters. The highest BCUT2D eigenvalue weighted by Gasteiger charge is 2.23. The number of imidazole rings is 1. The molecule has 1 aliphatic heterocycles. The molecule has 0 radical (unpaired) electrons. The van der Waals surface area contributed by atoms with Crippen LogP contribution in [0.5, 0.6) is 0 Å². The van der Waals surface area contributed by atoms with Crippen molar-refractivity contribution >= 4 is 34.2 Å². The third kappa shape index (κ3) is 2.33. The normalized spacial score (nSPS) is 19.4. The Morgan fingerprint density at radius 2 is 2.32 bits per heavy atom. The predicted molar refractivity (Wildman–Crippen MR) is 73.6 cm³/mol. The third-order valence-corrected chi connectivity index (χ3v) is 3.87. The standard InChI is InChI=1S/C13H13Cl2FN2O/c14-3-1-13-17-11-6-10(16)9(15)5-12(11)18(13)8-2-4-19-7-8/h5-6,8H,1-4,7H2. The fraction of sp³-hybridized carbons (Fsp3) is 0.462. The molecule has 0 bridgehead atoms. The quantitative estimate of drug-likeness (QED) is 0.811. The van der Waals surface area contributed by atoms with Crippen LogP contribution in [0.1, 0.15) is 18.3 Å². The van der Waals surface area contributed by atoms with E-state index in [9.17, 15) is 4.39 Å². The Morgan fingerprint density at radius 1 is 1.47 bits per heavy atom. The number of nitrogens with zero attached hydrogens (tertiary/aromatic N) is 2.